The van der Waals surface area contributed by atoms with E-state index in [0.29, 0.717) is 18.5 Å². The predicted octanol–water partition coefficient (Wildman–Crippen LogP) is 4.44. The number of carbonyl (C=O) groups is 1. The molecule has 0 atom stereocenters. The van der Waals surface area contributed by atoms with Crippen LogP contribution in [0.25, 0.3) is 11.0 Å². The average Bonchev–Trinajstić information content (AvgIpc) is 3.16. The van der Waals surface area contributed by atoms with Crippen molar-refractivity contribution in [1.82, 2.24) is 9.97 Å². The van der Waals surface area contributed by atoms with Crippen molar-refractivity contribution in [3.05, 3.63) is 84.2 Å². The Bertz CT molecular complexity index is 1110. The van der Waals surface area contributed by atoms with Crippen molar-refractivity contribution in [3.63, 3.8) is 0 Å². The SMILES string of the molecule is NCCc1nc2ccc(C(=O)Nc3ccc(SNc4ccccc4)cc3)cc2[nH]1. The first kappa shape index (κ1) is 19.0. The third-order valence-corrected chi connectivity index (χ3v) is 5.19. The van der Waals surface area contributed by atoms with Crippen LogP contribution in [0.2, 0.25) is 0 Å². The maximum absolute atomic E-state index is 12.6. The second-order valence-corrected chi connectivity index (χ2v) is 7.38. The summed E-state index contributed by atoms with van der Waals surface area (Å²) in [6.07, 6.45) is 0.680. The van der Waals surface area contributed by atoms with Crippen molar-refractivity contribution >= 4 is 40.3 Å². The molecule has 0 radical (unpaired) electrons. The quantitative estimate of drug-likeness (QED) is 0.342. The van der Waals surface area contributed by atoms with Gasteiger partial charge in [0.25, 0.3) is 5.91 Å². The molecule has 7 heteroatoms. The Morgan fingerprint density at radius 2 is 1.79 bits per heavy atom. The van der Waals surface area contributed by atoms with Crippen molar-refractivity contribution in [2.45, 2.75) is 11.3 Å². The fraction of sp³-hybridized carbons (Fsp3) is 0.0909. The number of anilines is 2. The molecule has 6 nitrogen and oxygen atoms in total. The second-order valence-electron chi connectivity index (χ2n) is 6.50. The smallest absolute Gasteiger partial charge is 0.255 e. The molecule has 0 unspecified atom stereocenters. The van der Waals surface area contributed by atoms with Gasteiger partial charge in [-0.1, -0.05) is 18.2 Å². The predicted molar refractivity (Wildman–Crippen MR) is 119 cm³/mol. The van der Waals surface area contributed by atoms with Crippen molar-refractivity contribution in [2.24, 2.45) is 5.73 Å². The minimum Gasteiger partial charge on any atom is -0.342 e. The van der Waals surface area contributed by atoms with E-state index in [1.807, 2.05) is 66.7 Å². The highest BCUT2D eigenvalue weighted by Crippen LogP contribution is 2.23. The van der Waals surface area contributed by atoms with Gasteiger partial charge in [0.1, 0.15) is 5.82 Å². The van der Waals surface area contributed by atoms with E-state index in [1.54, 1.807) is 6.07 Å². The van der Waals surface area contributed by atoms with Crippen LogP contribution in [0.4, 0.5) is 11.4 Å². The van der Waals surface area contributed by atoms with Crippen molar-refractivity contribution < 1.29 is 4.79 Å². The van der Waals surface area contributed by atoms with Crippen LogP contribution in [0.5, 0.6) is 0 Å². The van der Waals surface area contributed by atoms with Crippen LogP contribution in [0.3, 0.4) is 0 Å². The van der Waals surface area contributed by atoms with Crippen molar-refractivity contribution in [2.75, 3.05) is 16.6 Å². The van der Waals surface area contributed by atoms with Crippen LogP contribution in [-0.2, 0) is 6.42 Å². The van der Waals surface area contributed by atoms with Gasteiger partial charge in [-0.05, 0) is 73.1 Å². The molecule has 4 rings (SSSR count). The van der Waals surface area contributed by atoms with E-state index in [1.165, 1.54) is 11.9 Å². The molecule has 0 fully saturated rings. The lowest BCUT2D eigenvalue weighted by atomic mass is 10.2. The van der Waals surface area contributed by atoms with Crippen LogP contribution < -0.4 is 15.8 Å². The number of aromatic amines is 1. The molecule has 0 aliphatic rings. The normalized spacial score (nSPS) is 10.8. The number of hydrogen-bond acceptors (Lipinski definition) is 5. The Morgan fingerprint density at radius 3 is 2.55 bits per heavy atom. The Labute approximate surface area is 173 Å². The van der Waals surface area contributed by atoms with Gasteiger partial charge in [0, 0.05) is 28.3 Å². The van der Waals surface area contributed by atoms with E-state index in [2.05, 4.69) is 20.0 Å². The lowest BCUT2D eigenvalue weighted by molar-refractivity contribution is 0.102. The van der Waals surface area contributed by atoms with E-state index in [0.717, 1.165) is 33.1 Å². The van der Waals surface area contributed by atoms with Gasteiger partial charge < -0.3 is 20.8 Å². The lowest BCUT2D eigenvalue weighted by Gasteiger charge is -2.08. The first-order chi connectivity index (χ1) is 14.2. The highest BCUT2D eigenvalue weighted by Gasteiger charge is 2.09. The highest BCUT2D eigenvalue weighted by atomic mass is 32.2. The Hall–Kier alpha value is -3.29. The molecule has 3 aromatic carbocycles. The number of nitrogens with one attached hydrogen (secondary N) is 3. The number of aromatic nitrogens is 2. The number of para-hydroxylation sites is 1. The van der Waals surface area contributed by atoms with Crippen LogP contribution in [0, 0.1) is 0 Å². The minimum atomic E-state index is -0.162. The number of carbonyl (C=O) groups excluding carboxylic acids is 1. The van der Waals surface area contributed by atoms with Crippen molar-refractivity contribution in [3.8, 4) is 0 Å². The van der Waals surface area contributed by atoms with Crippen LogP contribution in [0.15, 0.2) is 77.7 Å². The van der Waals surface area contributed by atoms with Gasteiger partial charge in [0.2, 0.25) is 0 Å². The summed E-state index contributed by atoms with van der Waals surface area (Å²) in [5, 5.41) is 2.93. The van der Waals surface area contributed by atoms with Crippen LogP contribution >= 0.6 is 11.9 Å². The number of nitrogens with two attached hydrogens (primary N) is 1. The van der Waals surface area contributed by atoms with Crippen LogP contribution in [0.1, 0.15) is 16.2 Å². The molecular weight excluding hydrogens is 382 g/mol. The highest BCUT2D eigenvalue weighted by molar-refractivity contribution is 8.00. The third-order valence-electron chi connectivity index (χ3n) is 4.35. The molecule has 0 aliphatic carbocycles. The minimum absolute atomic E-state index is 0.162. The van der Waals surface area contributed by atoms with Crippen molar-refractivity contribution in [1.29, 1.82) is 0 Å². The monoisotopic (exact) mass is 403 g/mol. The number of benzene rings is 3. The van der Waals surface area contributed by atoms with Gasteiger partial charge >= 0.3 is 0 Å². The molecule has 1 amide bonds. The summed E-state index contributed by atoms with van der Waals surface area (Å²) in [6, 6.07) is 23.1. The molecule has 4 aromatic rings. The standard InChI is InChI=1S/C22H21N5OS/c23-13-12-21-25-19-11-6-15(14-20(19)26-21)22(28)24-16-7-9-18(10-8-16)29-27-17-4-2-1-3-5-17/h1-11,14,27H,12-13,23H2,(H,24,28)(H,25,26). The van der Waals surface area contributed by atoms with Gasteiger partial charge in [-0.3, -0.25) is 4.79 Å². The molecular formula is C22H21N5OS. The summed E-state index contributed by atoms with van der Waals surface area (Å²) in [6.45, 7) is 0.530. The zero-order chi connectivity index (χ0) is 20.1. The summed E-state index contributed by atoms with van der Waals surface area (Å²) in [5.74, 6) is 0.668. The Kier molecular flexibility index (Phi) is 5.79. The Balaban J connectivity index is 1.39. The number of fused-ring (bicyclic) bond motifs is 1. The number of amides is 1. The lowest BCUT2D eigenvalue weighted by Crippen LogP contribution is -2.11. The summed E-state index contributed by atoms with van der Waals surface area (Å²) in [4.78, 5) is 21.3. The Morgan fingerprint density at radius 1 is 1.00 bits per heavy atom. The maximum atomic E-state index is 12.6. The molecule has 29 heavy (non-hydrogen) atoms. The second kappa shape index (κ2) is 8.81. The summed E-state index contributed by atoms with van der Waals surface area (Å²) >= 11 is 1.52. The molecule has 5 N–H and O–H groups in total. The van der Waals surface area contributed by atoms with E-state index in [9.17, 15) is 4.79 Å². The zero-order valence-corrected chi connectivity index (χ0v) is 16.5. The first-order valence-corrected chi connectivity index (χ1v) is 10.1. The van der Waals surface area contributed by atoms with Crippen LogP contribution in [-0.4, -0.2) is 22.4 Å². The fourth-order valence-electron chi connectivity index (χ4n) is 2.89. The molecule has 0 bridgehead atoms. The first-order valence-electron chi connectivity index (χ1n) is 9.29. The molecule has 1 aromatic heterocycles. The van der Waals surface area contributed by atoms with E-state index < -0.39 is 0 Å². The number of imidazole rings is 1. The summed E-state index contributed by atoms with van der Waals surface area (Å²) in [5.41, 5.74) is 9.60. The number of hydrogen-bond donors (Lipinski definition) is 4. The van der Waals surface area contributed by atoms with Gasteiger partial charge in [-0.25, -0.2) is 4.98 Å². The number of nitrogens with zero attached hydrogens (tertiary/aromatic N) is 1. The van der Waals surface area contributed by atoms with Gasteiger partial charge in [-0.2, -0.15) is 0 Å². The topological polar surface area (TPSA) is 95.8 Å². The van der Waals surface area contributed by atoms with E-state index in [4.69, 9.17) is 5.73 Å². The third kappa shape index (κ3) is 4.77. The average molecular weight is 404 g/mol. The number of H-pyrrole nitrogens is 1. The molecule has 0 spiro atoms. The molecule has 0 saturated heterocycles. The van der Waals surface area contributed by atoms with Gasteiger partial charge in [0.05, 0.1) is 11.0 Å². The summed E-state index contributed by atoms with van der Waals surface area (Å²) in [7, 11) is 0. The molecule has 1 heterocycles. The largest absolute Gasteiger partial charge is 0.342 e. The molecule has 146 valence electrons. The van der Waals surface area contributed by atoms with Gasteiger partial charge in [-0.15, -0.1) is 0 Å². The zero-order valence-electron chi connectivity index (χ0n) is 15.7. The molecule has 0 saturated carbocycles. The van der Waals surface area contributed by atoms with E-state index >= 15 is 0 Å². The maximum Gasteiger partial charge on any atom is 0.255 e. The molecule has 0 aliphatic heterocycles. The van der Waals surface area contributed by atoms with Gasteiger partial charge in [0.15, 0.2) is 0 Å². The van der Waals surface area contributed by atoms with E-state index in [-0.39, 0.29) is 5.91 Å². The summed E-state index contributed by atoms with van der Waals surface area (Å²) < 4.78 is 3.29. The number of rotatable bonds is 7. The fourth-order valence-corrected chi connectivity index (χ4v) is 3.54.